The van der Waals surface area contributed by atoms with Gasteiger partial charge in [-0.15, -0.1) is 0 Å². The smallest absolute Gasteiger partial charge is 0.321 e. The van der Waals surface area contributed by atoms with Crippen molar-refractivity contribution in [3.8, 4) is 11.8 Å². The number of rotatable bonds is 6. The Labute approximate surface area is 173 Å². The summed E-state index contributed by atoms with van der Waals surface area (Å²) in [6.45, 7) is 3.68. The molecule has 0 spiro atoms. The van der Waals surface area contributed by atoms with Gasteiger partial charge in [0.25, 0.3) is 0 Å². The molecule has 1 aliphatic rings. The molecule has 0 radical (unpaired) electrons. The quantitative estimate of drug-likeness (QED) is 0.480. The molecule has 2 heterocycles. The van der Waals surface area contributed by atoms with Crippen molar-refractivity contribution >= 4 is 33.4 Å². The normalized spacial score (nSPS) is 13.0. The Hall–Kier alpha value is -2.95. The molecular weight excluding hydrogens is 384 g/mol. The number of pyridine rings is 1. The van der Waals surface area contributed by atoms with Crippen LogP contribution in [0.4, 0.5) is 9.93 Å². The second-order valence-electron chi connectivity index (χ2n) is 7.00. The highest BCUT2D eigenvalue weighted by molar-refractivity contribution is 7.16. The van der Waals surface area contributed by atoms with Crippen LogP contribution in [0.5, 0.6) is 0 Å². The van der Waals surface area contributed by atoms with E-state index in [1.165, 1.54) is 24.2 Å². The maximum atomic E-state index is 12.0. The molecule has 0 saturated heterocycles. The van der Waals surface area contributed by atoms with Crippen LogP contribution in [0.25, 0.3) is 10.9 Å². The van der Waals surface area contributed by atoms with Crippen LogP contribution in [0, 0.1) is 24.7 Å². The zero-order valence-corrected chi connectivity index (χ0v) is 17.0. The molecule has 2 N–H and O–H groups in total. The number of nitrogens with one attached hydrogen (secondary N) is 2. The molecule has 7 heteroatoms. The number of nitrogens with zero attached hydrogens (tertiary/aromatic N) is 2. The van der Waals surface area contributed by atoms with Gasteiger partial charge < -0.3 is 10.1 Å². The molecule has 3 aromatic rings. The third kappa shape index (κ3) is 5.53. The Morgan fingerprint density at radius 2 is 2.17 bits per heavy atom. The van der Waals surface area contributed by atoms with Gasteiger partial charge in [-0.1, -0.05) is 35.5 Å². The topological polar surface area (TPSA) is 76.1 Å². The number of fused-ring (bicyclic) bond motifs is 1. The molecule has 0 aliphatic heterocycles. The number of aryl methyl sites for hydroxylation is 1. The highest BCUT2D eigenvalue weighted by atomic mass is 32.1. The van der Waals surface area contributed by atoms with Gasteiger partial charge in [0.05, 0.1) is 17.8 Å². The van der Waals surface area contributed by atoms with Gasteiger partial charge in [0.15, 0.2) is 5.13 Å². The third-order valence-electron chi connectivity index (χ3n) is 4.51. The van der Waals surface area contributed by atoms with E-state index in [1.807, 2.05) is 37.3 Å². The van der Waals surface area contributed by atoms with E-state index in [-0.39, 0.29) is 6.03 Å². The van der Waals surface area contributed by atoms with Gasteiger partial charge in [-0.2, -0.15) is 0 Å². The maximum absolute atomic E-state index is 12.0. The summed E-state index contributed by atoms with van der Waals surface area (Å²) in [7, 11) is 0. The van der Waals surface area contributed by atoms with Gasteiger partial charge in [-0.25, -0.2) is 9.78 Å². The van der Waals surface area contributed by atoms with E-state index in [0.717, 1.165) is 39.6 Å². The first-order valence-corrected chi connectivity index (χ1v) is 10.5. The van der Waals surface area contributed by atoms with Crippen LogP contribution in [0.3, 0.4) is 0 Å². The van der Waals surface area contributed by atoms with Crippen molar-refractivity contribution in [2.75, 3.05) is 25.1 Å². The van der Waals surface area contributed by atoms with Crippen molar-refractivity contribution in [2.45, 2.75) is 19.8 Å². The fourth-order valence-corrected chi connectivity index (χ4v) is 3.56. The Morgan fingerprint density at radius 1 is 1.31 bits per heavy atom. The number of carbonyl (C=O) groups is 1. The molecule has 6 nitrogen and oxygen atoms in total. The van der Waals surface area contributed by atoms with Crippen molar-refractivity contribution in [1.82, 2.24) is 15.3 Å². The minimum atomic E-state index is -0.285. The summed E-state index contributed by atoms with van der Waals surface area (Å²) in [6, 6.07) is 9.67. The van der Waals surface area contributed by atoms with Crippen molar-refractivity contribution < 1.29 is 9.53 Å². The van der Waals surface area contributed by atoms with Crippen molar-refractivity contribution in [2.24, 2.45) is 5.92 Å². The molecule has 29 heavy (non-hydrogen) atoms. The van der Waals surface area contributed by atoms with E-state index < -0.39 is 0 Å². The van der Waals surface area contributed by atoms with Crippen LogP contribution >= 0.6 is 11.3 Å². The lowest BCUT2D eigenvalue weighted by atomic mass is 10.1. The van der Waals surface area contributed by atoms with Crippen molar-refractivity contribution in [1.29, 1.82) is 0 Å². The molecule has 2 amide bonds. The summed E-state index contributed by atoms with van der Waals surface area (Å²) in [6.07, 6.45) is 4.30. The van der Waals surface area contributed by atoms with E-state index in [9.17, 15) is 4.79 Å². The average molecular weight is 407 g/mol. The average Bonchev–Trinajstić information content (AvgIpc) is 3.48. The molecule has 0 unspecified atom stereocenters. The molecular formula is C22H22N4O2S. The largest absolute Gasteiger partial charge is 0.379 e. The number of thiazole rings is 1. The first-order chi connectivity index (χ1) is 14.2. The summed E-state index contributed by atoms with van der Waals surface area (Å²) in [5, 5.41) is 7.12. The number of hydrogen-bond donors (Lipinski definition) is 2. The lowest BCUT2D eigenvalue weighted by Gasteiger charge is -2.05. The Bertz CT molecular complexity index is 1080. The fourth-order valence-electron chi connectivity index (χ4n) is 2.75. The number of urea groups is 1. The lowest BCUT2D eigenvalue weighted by molar-refractivity contribution is 0.127. The molecule has 148 valence electrons. The molecule has 1 fully saturated rings. The molecule has 2 aromatic heterocycles. The minimum Gasteiger partial charge on any atom is -0.379 e. The lowest BCUT2D eigenvalue weighted by Crippen LogP contribution is -2.31. The van der Waals surface area contributed by atoms with E-state index in [4.69, 9.17) is 4.74 Å². The van der Waals surface area contributed by atoms with Gasteiger partial charge in [0, 0.05) is 30.3 Å². The first-order valence-electron chi connectivity index (χ1n) is 9.64. The number of ether oxygens (including phenoxy) is 1. The molecule has 1 aliphatic carbocycles. The monoisotopic (exact) mass is 406 g/mol. The fraction of sp³-hybridized carbons (Fsp3) is 0.318. The molecule has 1 saturated carbocycles. The Balaban J connectivity index is 1.32. The number of hydrogen-bond acceptors (Lipinski definition) is 5. The second kappa shape index (κ2) is 9.03. The Morgan fingerprint density at radius 3 is 3.03 bits per heavy atom. The van der Waals surface area contributed by atoms with Gasteiger partial charge in [0.1, 0.15) is 4.88 Å². The van der Waals surface area contributed by atoms with Gasteiger partial charge in [0.2, 0.25) is 0 Å². The van der Waals surface area contributed by atoms with Crippen molar-refractivity contribution in [3.63, 3.8) is 0 Å². The van der Waals surface area contributed by atoms with Gasteiger partial charge >= 0.3 is 6.03 Å². The van der Waals surface area contributed by atoms with E-state index in [1.54, 1.807) is 6.20 Å². The first kappa shape index (κ1) is 19.4. The standard InChI is InChI=1S/C22H22N4O2S/c1-15-20(9-8-17-12-18-4-2-3-5-19(18)24-13-17)29-22(25-15)26-21(27)23-10-11-28-14-16-6-7-16/h2-5,12-13,16H,6-7,10-11,14H2,1H3,(H2,23,25,26,27). The molecule has 1 aromatic carbocycles. The van der Waals surface area contributed by atoms with Crippen LogP contribution < -0.4 is 10.6 Å². The van der Waals surface area contributed by atoms with Gasteiger partial charge in [-0.3, -0.25) is 10.3 Å². The van der Waals surface area contributed by atoms with Crippen LogP contribution in [-0.2, 0) is 4.74 Å². The summed E-state index contributed by atoms with van der Waals surface area (Å²) < 4.78 is 5.50. The summed E-state index contributed by atoms with van der Waals surface area (Å²) in [5.41, 5.74) is 2.58. The minimum absolute atomic E-state index is 0.285. The summed E-state index contributed by atoms with van der Waals surface area (Å²) in [4.78, 5) is 21.6. The van der Waals surface area contributed by atoms with E-state index in [2.05, 4.69) is 32.4 Å². The molecule has 4 rings (SSSR count). The number of amides is 2. The SMILES string of the molecule is Cc1nc(NC(=O)NCCOCC2CC2)sc1C#Cc1cnc2ccccc2c1. The number of anilines is 1. The Kier molecular flexibility index (Phi) is 6.03. The second-order valence-corrected chi connectivity index (χ2v) is 8.00. The highest BCUT2D eigenvalue weighted by Gasteiger charge is 2.20. The number of benzene rings is 1. The molecule has 0 atom stereocenters. The summed E-state index contributed by atoms with van der Waals surface area (Å²) in [5.74, 6) is 7.00. The van der Waals surface area contributed by atoms with Crippen LogP contribution in [0.2, 0.25) is 0 Å². The van der Waals surface area contributed by atoms with Crippen molar-refractivity contribution in [3.05, 3.63) is 52.7 Å². The summed E-state index contributed by atoms with van der Waals surface area (Å²) >= 11 is 1.36. The van der Waals surface area contributed by atoms with E-state index in [0.29, 0.717) is 18.3 Å². The zero-order valence-electron chi connectivity index (χ0n) is 16.2. The predicted molar refractivity (Wildman–Crippen MR) is 115 cm³/mol. The number of para-hydroxylation sites is 1. The highest BCUT2D eigenvalue weighted by Crippen LogP contribution is 2.28. The van der Waals surface area contributed by atoms with Gasteiger partial charge in [-0.05, 0) is 43.7 Å². The maximum Gasteiger partial charge on any atom is 0.321 e. The van der Waals surface area contributed by atoms with Crippen LogP contribution in [0.15, 0.2) is 36.5 Å². The molecule has 0 bridgehead atoms. The van der Waals surface area contributed by atoms with Crippen LogP contribution in [0.1, 0.15) is 29.0 Å². The van der Waals surface area contributed by atoms with Crippen LogP contribution in [-0.4, -0.2) is 35.8 Å². The number of aromatic nitrogens is 2. The van der Waals surface area contributed by atoms with E-state index >= 15 is 0 Å². The third-order valence-corrected chi connectivity index (χ3v) is 5.50. The predicted octanol–water partition coefficient (Wildman–Crippen LogP) is 3.95. The zero-order chi connectivity index (χ0) is 20.1. The number of carbonyl (C=O) groups excluding carboxylic acids is 1.